The highest BCUT2D eigenvalue weighted by molar-refractivity contribution is 6.02. The third-order valence-corrected chi connectivity index (χ3v) is 2.88. The molecule has 2 aromatic rings. The molecule has 1 aliphatic rings. The van der Waals surface area contributed by atoms with E-state index >= 15 is 0 Å². The van der Waals surface area contributed by atoms with Gasteiger partial charge in [0.15, 0.2) is 0 Å². The summed E-state index contributed by atoms with van der Waals surface area (Å²) in [5.74, 6) is 0.550. The van der Waals surface area contributed by atoms with E-state index in [2.05, 4.69) is 0 Å². The van der Waals surface area contributed by atoms with E-state index in [1.165, 1.54) is 11.2 Å². The minimum atomic E-state index is -0.0560. The number of ether oxygens (including phenoxy) is 1. The molecular weight excluding hydrogens is 214 g/mol. The highest BCUT2D eigenvalue weighted by Gasteiger charge is 2.18. The maximum Gasteiger partial charge on any atom is 0.261 e. The molecule has 2 aromatic carbocycles. The van der Waals surface area contributed by atoms with Gasteiger partial charge in [-0.15, -0.1) is 0 Å². The van der Waals surface area contributed by atoms with Crippen LogP contribution in [-0.2, 0) is 0 Å². The Hall–Kier alpha value is -2.29. The molecule has 0 atom stereocenters. The molecule has 84 valence electrons. The summed E-state index contributed by atoms with van der Waals surface area (Å²) < 4.78 is 5.45. The minimum absolute atomic E-state index is 0.0560. The van der Waals surface area contributed by atoms with Crippen LogP contribution in [0.1, 0.15) is 10.4 Å². The van der Waals surface area contributed by atoms with Crippen molar-refractivity contribution in [3.05, 3.63) is 54.4 Å². The highest BCUT2D eigenvalue weighted by Crippen LogP contribution is 2.28. The van der Waals surface area contributed by atoms with Crippen LogP contribution in [0.2, 0.25) is 0 Å². The molecule has 0 radical (unpaired) electrons. The first-order valence-corrected chi connectivity index (χ1v) is 5.39. The Balaban J connectivity index is 2.28. The Morgan fingerprint density at radius 1 is 1.12 bits per heavy atom. The van der Waals surface area contributed by atoms with Crippen molar-refractivity contribution in [1.82, 2.24) is 4.90 Å². The summed E-state index contributed by atoms with van der Waals surface area (Å²) >= 11 is 0. The lowest BCUT2D eigenvalue weighted by Gasteiger charge is -2.11. The lowest BCUT2D eigenvalue weighted by molar-refractivity contribution is 0.0851. The predicted molar refractivity (Wildman–Crippen MR) is 65.8 cm³/mol. The topological polar surface area (TPSA) is 29.5 Å². The molecule has 0 unspecified atom stereocenters. The lowest BCUT2D eigenvalue weighted by Crippen LogP contribution is -2.19. The monoisotopic (exact) mass is 225 g/mol. The van der Waals surface area contributed by atoms with Crippen LogP contribution in [0.5, 0.6) is 5.75 Å². The van der Waals surface area contributed by atoms with Crippen LogP contribution < -0.4 is 4.74 Å². The third-order valence-electron chi connectivity index (χ3n) is 2.88. The SMILES string of the molecule is CN1C=COc2cc3ccccc3cc2C1=O. The first-order chi connectivity index (χ1) is 8.25. The van der Waals surface area contributed by atoms with Gasteiger partial charge < -0.3 is 9.64 Å². The fourth-order valence-corrected chi connectivity index (χ4v) is 1.94. The highest BCUT2D eigenvalue weighted by atomic mass is 16.5. The van der Waals surface area contributed by atoms with Gasteiger partial charge >= 0.3 is 0 Å². The number of benzene rings is 2. The molecular formula is C14H11NO2. The van der Waals surface area contributed by atoms with Crippen LogP contribution in [0, 0.1) is 0 Å². The predicted octanol–water partition coefficient (Wildman–Crippen LogP) is 2.78. The second-order valence-corrected chi connectivity index (χ2v) is 4.01. The van der Waals surface area contributed by atoms with Gasteiger partial charge in [-0.05, 0) is 22.9 Å². The Bertz CT molecular complexity index is 631. The smallest absolute Gasteiger partial charge is 0.261 e. The minimum Gasteiger partial charge on any atom is -0.463 e. The van der Waals surface area contributed by atoms with Crippen molar-refractivity contribution in [2.75, 3.05) is 7.05 Å². The molecule has 0 bridgehead atoms. The van der Waals surface area contributed by atoms with Crippen LogP contribution in [0.4, 0.5) is 0 Å². The molecule has 0 N–H and O–H groups in total. The van der Waals surface area contributed by atoms with Crippen molar-refractivity contribution >= 4 is 16.7 Å². The van der Waals surface area contributed by atoms with Crippen LogP contribution in [0.25, 0.3) is 10.8 Å². The molecule has 0 aliphatic carbocycles. The van der Waals surface area contributed by atoms with E-state index in [1.54, 1.807) is 13.2 Å². The van der Waals surface area contributed by atoms with Crippen LogP contribution in [0.15, 0.2) is 48.9 Å². The van der Waals surface area contributed by atoms with Crippen LogP contribution >= 0.6 is 0 Å². The molecule has 3 heteroatoms. The van der Waals surface area contributed by atoms with Gasteiger partial charge in [0.2, 0.25) is 0 Å². The number of amides is 1. The average Bonchev–Trinajstić information content (AvgIpc) is 2.48. The van der Waals surface area contributed by atoms with Gasteiger partial charge in [0.1, 0.15) is 12.0 Å². The van der Waals surface area contributed by atoms with E-state index in [0.29, 0.717) is 11.3 Å². The summed E-state index contributed by atoms with van der Waals surface area (Å²) in [6.07, 6.45) is 3.14. The van der Waals surface area contributed by atoms with Crippen molar-refractivity contribution in [2.24, 2.45) is 0 Å². The standard InChI is InChI=1S/C14H11NO2/c1-15-6-7-17-13-9-11-5-3-2-4-10(11)8-12(13)14(15)16/h2-9H,1H3. The summed E-state index contributed by atoms with van der Waals surface area (Å²) in [7, 11) is 1.71. The molecule has 1 heterocycles. The van der Waals surface area contributed by atoms with Crippen molar-refractivity contribution < 1.29 is 9.53 Å². The van der Waals surface area contributed by atoms with Gasteiger partial charge in [0, 0.05) is 13.2 Å². The Kier molecular flexibility index (Phi) is 2.11. The first kappa shape index (κ1) is 9.90. The van der Waals surface area contributed by atoms with E-state index in [0.717, 1.165) is 10.8 Å². The van der Waals surface area contributed by atoms with Gasteiger partial charge in [-0.3, -0.25) is 4.79 Å². The van der Waals surface area contributed by atoms with Crippen LogP contribution in [0.3, 0.4) is 0 Å². The fraction of sp³-hybridized carbons (Fsp3) is 0.0714. The number of carbonyl (C=O) groups excluding carboxylic acids is 1. The van der Waals surface area contributed by atoms with E-state index in [1.807, 2.05) is 36.4 Å². The number of fused-ring (bicyclic) bond motifs is 2. The molecule has 17 heavy (non-hydrogen) atoms. The third kappa shape index (κ3) is 1.56. The molecule has 0 fully saturated rings. The number of hydrogen-bond acceptors (Lipinski definition) is 2. The number of nitrogens with zero attached hydrogens (tertiary/aromatic N) is 1. The maximum atomic E-state index is 12.1. The Labute approximate surface area is 98.9 Å². The van der Waals surface area contributed by atoms with E-state index in [4.69, 9.17) is 4.74 Å². The normalized spacial score (nSPS) is 14.4. The summed E-state index contributed by atoms with van der Waals surface area (Å²) in [4.78, 5) is 13.6. The molecule has 3 nitrogen and oxygen atoms in total. The number of hydrogen-bond donors (Lipinski definition) is 0. The molecule has 0 aromatic heterocycles. The van der Waals surface area contributed by atoms with E-state index < -0.39 is 0 Å². The van der Waals surface area contributed by atoms with Crippen molar-refractivity contribution in [3.63, 3.8) is 0 Å². The molecule has 0 saturated heterocycles. The van der Waals surface area contributed by atoms with Crippen molar-refractivity contribution in [1.29, 1.82) is 0 Å². The molecule has 3 rings (SSSR count). The largest absolute Gasteiger partial charge is 0.463 e. The first-order valence-electron chi connectivity index (χ1n) is 5.39. The van der Waals surface area contributed by atoms with Crippen LogP contribution in [-0.4, -0.2) is 17.9 Å². The zero-order valence-corrected chi connectivity index (χ0v) is 9.38. The van der Waals surface area contributed by atoms with Gasteiger partial charge in [0.25, 0.3) is 5.91 Å². The molecule has 1 aliphatic heterocycles. The number of carbonyl (C=O) groups is 1. The average molecular weight is 225 g/mol. The van der Waals surface area contributed by atoms with Gasteiger partial charge in [-0.1, -0.05) is 24.3 Å². The second-order valence-electron chi connectivity index (χ2n) is 4.01. The zero-order chi connectivity index (χ0) is 11.8. The number of rotatable bonds is 0. The van der Waals surface area contributed by atoms with Gasteiger partial charge in [-0.25, -0.2) is 0 Å². The lowest BCUT2D eigenvalue weighted by atomic mass is 10.1. The molecule has 0 spiro atoms. The molecule has 1 amide bonds. The Morgan fingerprint density at radius 3 is 2.59 bits per heavy atom. The van der Waals surface area contributed by atoms with Crippen molar-refractivity contribution in [2.45, 2.75) is 0 Å². The summed E-state index contributed by atoms with van der Waals surface area (Å²) in [5.41, 5.74) is 0.594. The summed E-state index contributed by atoms with van der Waals surface area (Å²) in [6.45, 7) is 0. The van der Waals surface area contributed by atoms with Crippen molar-refractivity contribution in [3.8, 4) is 5.75 Å². The summed E-state index contributed by atoms with van der Waals surface area (Å²) in [6, 6.07) is 11.7. The maximum absolute atomic E-state index is 12.1. The fourth-order valence-electron chi connectivity index (χ4n) is 1.94. The second kappa shape index (κ2) is 3.63. The summed E-state index contributed by atoms with van der Waals surface area (Å²) in [5, 5.41) is 2.11. The van der Waals surface area contributed by atoms with E-state index in [-0.39, 0.29) is 5.91 Å². The van der Waals surface area contributed by atoms with Gasteiger partial charge in [0.05, 0.1) is 5.56 Å². The zero-order valence-electron chi connectivity index (χ0n) is 9.38. The molecule has 0 saturated carbocycles. The van der Waals surface area contributed by atoms with Gasteiger partial charge in [-0.2, -0.15) is 0 Å². The Morgan fingerprint density at radius 2 is 1.82 bits per heavy atom. The quantitative estimate of drug-likeness (QED) is 0.690. The van der Waals surface area contributed by atoms with E-state index in [9.17, 15) is 4.79 Å².